The van der Waals surface area contributed by atoms with Crippen LogP contribution in [0.15, 0.2) is 5.38 Å². The Morgan fingerprint density at radius 3 is 1.59 bits per heavy atom. The zero-order chi connectivity index (χ0) is 22.4. The molecule has 0 aliphatic carbocycles. The van der Waals surface area contributed by atoms with Crippen LogP contribution in [0.25, 0.3) is 0 Å². The zero-order valence-electron chi connectivity index (χ0n) is 16.3. The molecule has 0 aromatic carbocycles. The quantitative estimate of drug-likeness (QED) is 0.247. The molecular formula is C11H25NO10P6S. The SMILES string of the molecule is Cc1csc(CCC(P(=O)(OP(C)O)OP(C)O)P(=O)(OP(C)O)OP(C)O)n1. The molecule has 18 heteroatoms. The maximum Gasteiger partial charge on any atom is 0.356 e. The van der Waals surface area contributed by atoms with Gasteiger partial charge in [-0.3, -0.25) is 26.4 Å². The van der Waals surface area contributed by atoms with Crippen LogP contribution < -0.4 is 0 Å². The summed E-state index contributed by atoms with van der Waals surface area (Å²) in [5.74, 6) is 0. The van der Waals surface area contributed by atoms with E-state index < -0.39 is 54.1 Å². The molecule has 11 nitrogen and oxygen atoms in total. The second kappa shape index (κ2) is 12.7. The number of aromatic nitrogens is 1. The van der Waals surface area contributed by atoms with Crippen LogP contribution in [0.5, 0.6) is 0 Å². The smallest absolute Gasteiger partial charge is 0.350 e. The van der Waals surface area contributed by atoms with Gasteiger partial charge in [-0.2, -0.15) is 0 Å². The van der Waals surface area contributed by atoms with Gasteiger partial charge in [-0.05, 0) is 13.3 Å². The first-order valence-electron chi connectivity index (χ1n) is 7.87. The lowest BCUT2D eigenvalue weighted by Gasteiger charge is -2.33. The van der Waals surface area contributed by atoms with Gasteiger partial charge in [0.2, 0.25) is 0 Å². The Balaban J connectivity index is 3.41. The van der Waals surface area contributed by atoms with Crippen LogP contribution >= 0.6 is 60.0 Å². The van der Waals surface area contributed by atoms with Gasteiger partial charge in [-0.25, -0.2) is 4.98 Å². The van der Waals surface area contributed by atoms with Crippen molar-refractivity contribution in [2.75, 3.05) is 26.7 Å². The van der Waals surface area contributed by atoms with Crippen molar-refractivity contribution in [3.8, 4) is 0 Å². The van der Waals surface area contributed by atoms with Crippen molar-refractivity contribution in [1.29, 1.82) is 0 Å². The minimum atomic E-state index is -4.49. The van der Waals surface area contributed by atoms with Crippen molar-refractivity contribution in [2.24, 2.45) is 0 Å². The number of rotatable bonds is 13. The molecule has 1 rings (SSSR count). The first-order valence-corrected chi connectivity index (χ1v) is 18.6. The molecule has 0 saturated carbocycles. The third-order valence-corrected chi connectivity index (χ3v) is 15.1. The van der Waals surface area contributed by atoms with E-state index in [2.05, 4.69) is 4.98 Å². The predicted octanol–water partition coefficient (Wildman–Crippen LogP) is 4.90. The van der Waals surface area contributed by atoms with Crippen molar-refractivity contribution in [1.82, 2.24) is 4.98 Å². The molecule has 0 amide bonds. The zero-order valence-corrected chi connectivity index (χ0v) is 22.5. The number of thiazole rings is 1. The molecule has 0 fully saturated rings. The highest BCUT2D eigenvalue weighted by atomic mass is 32.1. The van der Waals surface area contributed by atoms with E-state index in [1.807, 2.05) is 0 Å². The lowest BCUT2D eigenvalue weighted by atomic mass is 10.3. The summed E-state index contributed by atoms with van der Waals surface area (Å²) in [4.78, 5) is 43.1. The summed E-state index contributed by atoms with van der Waals surface area (Å²) in [5.41, 5.74) is 0.771. The lowest BCUT2D eigenvalue weighted by molar-refractivity contribution is 0.347. The van der Waals surface area contributed by atoms with E-state index in [9.17, 15) is 28.7 Å². The molecule has 0 spiro atoms. The fourth-order valence-corrected chi connectivity index (χ4v) is 14.5. The lowest BCUT2D eigenvalue weighted by Crippen LogP contribution is -2.15. The second-order valence-electron chi connectivity index (χ2n) is 5.67. The van der Waals surface area contributed by atoms with Gasteiger partial charge in [0.25, 0.3) is 0 Å². The molecule has 4 atom stereocenters. The van der Waals surface area contributed by atoms with Crippen LogP contribution in [0, 0.1) is 6.92 Å². The van der Waals surface area contributed by atoms with Gasteiger partial charge >= 0.3 is 15.2 Å². The number of hydrogen-bond acceptors (Lipinski definition) is 12. The average molecular weight is 549 g/mol. The predicted molar refractivity (Wildman–Crippen MR) is 119 cm³/mol. The molecule has 0 aliphatic heterocycles. The van der Waals surface area contributed by atoms with Gasteiger partial charge in [-0.15, -0.1) is 11.3 Å². The molecule has 0 bridgehead atoms. The van der Waals surface area contributed by atoms with Crippen LogP contribution in [0.3, 0.4) is 0 Å². The highest BCUT2D eigenvalue weighted by Crippen LogP contribution is 2.80. The molecule has 170 valence electrons. The first kappa shape index (κ1) is 28.5. The summed E-state index contributed by atoms with van der Waals surface area (Å²) in [6, 6.07) is 0. The fraction of sp³-hybridized carbons (Fsp3) is 0.727. The van der Waals surface area contributed by atoms with Crippen LogP contribution in [-0.2, 0) is 32.8 Å². The second-order valence-corrected chi connectivity index (χ2v) is 16.7. The molecular weight excluding hydrogens is 524 g/mol. The Hall–Kier alpha value is 1.49. The van der Waals surface area contributed by atoms with Crippen LogP contribution in [0.2, 0.25) is 0 Å². The Bertz CT molecular complexity index is 665. The molecule has 29 heavy (non-hydrogen) atoms. The summed E-state index contributed by atoms with van der Waals surface area (Å²) in [6.45, 7) is 6.71. The monoisotopic (exact) mass is 549 g/mol. The van der Waals surface area contributed by atoms with E-state index in [0.29, 0.717) is 5.01 Å². The summed E-state index contributed by atoms with van der Waals surface area (Å²) in [5, 5.41) is 0.823. The van der Waals surface area contributed by atoms with Gasteiger partial charge in [0, 0.05) is 44.2 Å². The first-order chi connectivity index (χ1) is 13.3. The number of hydrogen-bond donors (Lipinski definition) is 4. The molecule has 0 aliphatic rings. The van der Waals surface area contributed by atoms with E-state index in [1.165, 1.54) is 38.0 Å². The maximum atomic E-state index is 13.5. The van der Waals surface area contributed by atoms with E-state index in [-0.39, 0.29) is 12.8 Å². The van der Waals surface area contributed by atoms with E-state index in [4.69, 9.17) is 17.2 Å². The molecule has 1 aromatic rings. The van der Waals surface area contributed by atoms with Crippen molar-refractivity contribution in [3.63, 3.8) is 0 Å². The van der Waals surface area contributed by atoms with Gasteiger partial charge in [0.15, 0.2) is 38.9 Å². The Morgan fingerprint density at radius 1 is 0.931 bits per heavy atom. The fourth-order valence-electron chi connectivity index (χ4n) is 2.17. The van der Waals surface area contributed by atoms with Gasteiger partial charge < -0.3 is 19.6 Å². The third kappa shape index (κ3) is 9.88. The van der Waals surface area contributed by atoms with Crippen molar-refractivity contribution in [2.45, 2.75) is 25.2 Å². The Kier molecular flexibility index (Phi) is 12.4. The standard InChI is InChI=1S/C11H25NO10P6S/c1-9-8-29-10(12-9)6-7-11(27(17,19-23(2)13)20-24(3)14)28(18,21-25(4)15)22-26(5)16/h8,11,13-16H,6-7H2,1-5H3. The highest BCUT2D eigenvalue weighted by Gasteiger charge is 2.54. The molecule has 4 N–H and O–H groups in total. The van der Waals surface area contributed by atoms with E-state index >= 15 is 0 Å². The van der Waals surface area contributed by atoms with Crippen molar-refractivity contribution in [3.05, 3.63) is 16.1 Å². The molecule has 4 unspecified atom stereocenters. The molecule has 0 radical (unpaired) electrons. The number of nitrogens with zero attached hydrogens (tertiary/aromatic N) is 1. The summed E-state index contributed by atoms with van der Waals surface area (Å²) < 4.78 is 47.6. The topological polar surface area (TPSA) is 165 Å². The van der Waals surface area contributed by atoms with Gasteiger partial charge in [0.05, 0.1) is 5.01 Å². The maximum absolute atomic E-state index is 13.5. The van der Waals surface area contributed by atoms with E-state index in [0.717, 1.165) is 5.69 Å². The normalized spacial score (nSPS) is 21.6. The highest BCUT2D eigenvalue weighted by molar-refractivity contribution is 7.82. The number of aryl methyl sites for hydroxylation is 2. The Morgan fingerprint density at radius 2 is 1.31 bits per heavy atom. The van der Waals surface area contributed by atoms with E-state index in [1.54, 1.807) is 12.3 Å². The van der Waals surface area contributed by atoms with Crippen LogP contribution in [-0.4, -0.2) is 56.6 Å². The van der Waals surface area contributed by atoms with Crippen molar-refractivity contribution < 1.29 is 45.9 Å². The summed E-state index contributed by atoms with van der Waals surface area (Å²) in [7, 11) is -18.0. The minimum Gasteiger partial charge on any atom is -0.350 e. The average Bonchev–Trinajstić information content (AvgIpc) is 2.88. The largest absolute Gasteiger partial charge is 0.356 e. The Labute approximate surface area is 178 Å². The minimum absolute atomic E-state index is 0.153. The van der Waals surface area contributed by atoms with Crippen LogP contribution in [0.4, 0.5) is 0 Å². The molecule has 1 heterocycles. The molecule has 1 aromatic heterocycles. The van der Waals surface area contributed by atoms with Crippen molar-refractivity contribution >= 4 is 60.0 Å². The van der Waals surface area contributed by atoms with Gasteiger partial charge in [0.1, 0.15) is 0 Å². The summed E-state index contributed by atoms with van der Waals surface area (Å²) in [6.07, 6.45) is 0.0249. The summed E-state index contributed by atoms with van der Waals surface area (Å²) >= 11 is 1.33. The van der Waals surface area contributed by atoms with Gasteiger partial charge in [-0.1, -0.05) is 0 Å². The van der Waals surface area contributed by atoms with Crippen LogP contribution in [0.1, 0.15) is 17.1 Å². The third-order valence-electron chi connectivity index (χ3n) is 2.94. The molecule has 0 saturated heterocycles.